The SMILES string of the molecule is c1ccc(-c2ccc(-c3ccccc3-c3cc(-c4ccccc4-c4ccc(-c5ccccn5)cn4)cc(-c4ccccc4-c4ccc(-c5ccccn5)cc4-c4ccnc5c4oc4ccccc45)c3)nc2)nc1. The number of aromatic nitrogens is 6. The molecule has 0 amide bonds. The minimum Gasteiger partial charge on any atom is -0.454 e. The smallest absolute Gasteiger partial charge is 0.161 e. The number of benzene rings is 6. The van der Waals surface area contributed by atoms with Gasteiger partial charge >= 0.3 is 0 Å². The Morgan fingerprint density at radius 1 is 0.247 bits per heavy atom. The third kappa shape index (κ3) is 8.20. The largest absolute Gasteiger partial charge is 0.454 e. The molecule has 7 aromatic heterocycles. The van der Waals surface area contributed by atoms with Crippen LogP contribution >= 0.6 is 0 Å². The van der Waals surface area contributed by atoms with Crippen molar-refractivity contribution in [2.75, 3.05) is 0 Å². The Morgan fingerprint density at radius 3 is 1.22 bits per heavy atom. The maximum absolute atomic E-state index is 6.68. The lowest BCUT2D eigenvalue weighted by atomic mass is 9.85. The number of pyridine rings is 6. The fraction of sp³-hybridized carbons (Fsp3) is 0. The van der Waals surface area contributed by atoms with Gasteiger partial charge in [-0.15, -0.1) is 0 Å². The Balaban J connectivity index is 1.01. The topological polar surface area (TPSA) is 90.5 Å². The number of fused-ring (bicyclic) bond motifs is 3. The van der Waals surface area contributed by atoms with Gasteiger partial charge in [-0.3, -0.25) is 29.9 Å². The van der Waals surface area contributed by atoms with E-state index in [1.807, 2.05) is 110 Å². The van der Waals surface area contributed by atoms with Crippen molar-refractivity contribution in [2.45, 2.75) is 0 Å². The second-order valence-corrected chi connectivity index (χ2v) is 17.8. The van der Waals surface area contributed by atoms with Crippen molar-refractivity contribution < 1.29 is 4.42 Å². The van der Waals surface area contributed by atoms with Crippen LogP contribution in [0.2, 0.25) is 0 Å². The fourth-order valence-corrected chi connectivity index (χ4v) is 9.97. The Kier molecular flexibility index (Phi) is 11.1. The molecule has 0 saturated carbocycles. The highest BCUT2D eigenvalue weighted by atomic mass is 16.3. The summed E-state index contributed by atoms with van der Waals surface area (Å²) < 4.78 is 6.68. The molecule has 0 saturated heterocycles. The van der Waals surface area contributed by atoms with Gasteiger partial charge in [0.1, 0.15) is 11.1 Å². The minimum atomic E-state index is 0.737. The molecule has 0 spiro atoms. The van der Waals surface area contributed by atoms with Crippen LogP contribution in [0.3, 0.4) is 0 Å². The first-order valence-electron chi connectivity index (χ1n) is 24.2. The highest BCUT2D eigenvalue weighted by Gasteiger charge is 2.21. The van der Waals surface area contributed by atoms with Gasteiger partial charge in [-0.2, -0.15) is 0 Å². The van der Waals surface area contributed by atoms with E-state index in [9.17, 15) is 0 Å². The zero-order valence-electron chi connectivity index (χ0n) is 39.3. The van der Waals surface area contributed by atoms with Crippen LogP contribution < -0.4 is 0 Å². The Bertz CT molecular complexity index is 3980. The molecule has 342 valence electrons. The van der Waals surface area contributed by atoms with Crippen molar-refractivity contribution in [1.29, 1.82) is 0 Å². The molecule has 0 aliphatic heterocycles. The summed E-state index contributed by atoms with van der Waals surface area (Å²) in [5.74, 6) is 0. The molecule has 0 atom stereocenters. The van der Waals surface area contributed by atoms with Gasteiger partial charge < -0.3 is 4.42 Å². The third-order valence-corrected chi connectivity index (χ3v) is 13.5. The van der Waals surface area contributed by atoms with Crippen LogP contribution in [0.5, 0.6) is 0 Å². The number of hydrogen-bond acceptors (Lipinski definition) is 7. The highest BCUT2D eigenvalue weighted by molar-refractivity contribution is 6.09. The lowest BCUT2D eigenvalue weighted by molar-refractivity contribution is 0.669. The zero-order chi connectivity index (χ0) is 48.5. The lowest BCUT2D eigenvalue weighted by Gasteiger charge is -2.19. The number of para-hydroxylation sites is 1. The standard InChI is InChI=1S/C66H42N6O/c1-4-18-52(53-29-26-43(59-22-9-12-33-67-59)40-58(53)56-32-36-70-65-57-21-7-8-25-64(57)73-66(56)65)49(15-1)46-37-47(50-16-2-5-19-54(50)62-30-27-44(41-71-62)60-23-10-13-34-68-60)39-48(38-46)51-17-3-6-20-55(51)63-31-28-45(42-72-63)61-24-11-14-35-69-61/h1-42H. The van der Waals surface area contributed by atoms with Crippen LogP contribution in [0.4, 0.5) is 0 Å². The second-order valence-electron chi connectivity index (χ2n) is 17.8. The van der Waals surface area contributed by atoms with Crippen molar-refractivity contribution in [3.05, 3.63) is 256 Å². The quantitative estimate of drug-likeness (QED) is 0.135. The first-order chi connectivity index (χ1) is 36.2. The molecule has 0 radical (unpaired) electrons. The predicted molar refractivity (Wildman–Crippen MR) is 295 cm³/mol. The zero-order valence-corrected chi connectivity index (χ0v) is 39.3. The monoisotopic (exact) mass is 934 g/mol. The average Bonchev–Trinajstić information content (AvgIpc) is 3.87. The predicted octanol–water partition coefficient (Wildman–Crippen LogP) is 16.6. The summed E-state index contributed by atoms with van der Waals surface area (Å²) in [6.07, 6.45) is 11.2. The van der Waals surface area contributed by atoms with Crippen LogP contribution in [-0.2, 0) is 0 Å². The van der Waals surface area contributed by atoms with Crippen molar-refractivity contribution in [2.24, 2.45) is 0 Å². The van der Waals surface area contributed by atoms with Crippen molar-refractivity contribution in [1.82, 2.24) is 29.9 Å². The number of hydrogen-bond donors (Lipinski definition) is 0. The Labute approximate surface area is 421 Å². The summed E-state index contributed by atoms with van der Waals surface area (Å²) >= 11 is 0. The van der Waals surface area contributed by atoms with E-state index in [1.54, 1.807) is 0 Å². The number of nitrogens with zero attached hydrogens (tertiary/aromatic N) is 6. The van der Waals surface area contributed by atoms with Crippen LogP contribution in [-0.4, -0.2) is 29.9 Å². The molecule has 13 aromatic rings. The highest BCUT2D eigenvalue weighted by Crippen LogP contribution is 2.46. The summed E-state index contributed by atoms with van der Waals surface area (Å²) in [5.41, 5.74) is 22.1. The van der Waals surface area contributed by atoms with E-state index in [2.05, 4.69) is 156 Å². The van der Waals surface area contributed by atoms with Crippen LogP contribution in [0.15, 0.2) is 260 Å². The maximum atomic E-state index is 6.68. The Morgan fingerprint density at radius 2 is 0.699 bits per heavy atom. The molecule has 7 heteroatoms. The van der Waals surface area contributed by atoms with Crippen LogP contribution in [0, 0.1) is 0 Å². The maximum Gasteiger partial charge on any atom is 0.161 e. The molecule has 0 N–H and O–H groups in total. The van der Waals surface area contributed by atoms with Crippen LogP contribution in [0.1, 0.15) is 0 Å². The molecule has 0 bridgehead atoms. The molecule has 0 aliphatic rings. The van der Waals surface area contributed by atoms with E-state index in [0.717, 1.165) is 134 Å². The van der Waals surface area contributed by atoms with Crippen molar-refractivity contribution >= 4 is 22.1 Å². The van der Waals surface area contributed by atoms with Gasteiger partial charge in [0.05, 0.1) is 28.5 Å². The number of furan rings is 1. The normalized spacial score (nSPS) is 11.3. The second kappa shape index (κ2) is 18.7. The van der Waals surface area contributed by atoms with Crippen LogP contribution in [0.25, 0.3) is 134 Å². The first-order valence-corrected chi connectivity index (χ1v) is 24.2. The number of rotatable bonds is 10. The molecule has 0 fully saturated rings. The van der Waals surface area contributed by atoms with Gasteiger partial charge in [-0.1, -0.05) is 115 Å². The van der Waals surface area contributed by atoms with Gasteiger partial charge in [0.25, 0.3) is 0 Å². The molecule has 7 nitrogen and oxygen atoms in total. The van der Waals surface area contributed by atoms with Gasteiger partial charge in [0.15, 0.2) is 5.58 Å². The van der Waals surface area contributed by atoms with Gasteiger partial charge in [-0.25, -0.2) is 0 Å². The van der Waals surface area contributed by atoms with E-state index < -0.39 is 0 Å². The summed E-state index contributed by atoms with van der Waals surface area (Å²) in [7, 11) is 0. The fourth-order valence-electron chi connectivity index (χ4n) is 9.97. The van der Waals surface area contributed by atoms with Gasteiger partial charge in [0.2, 0.25) is 0 Å². The minimum absolute atomic E-state index is 0.737. The van der Waals surface area contributed by atoms with Gasteiger partial charge in [-0.05, 0) is 153 Å². The van der Waals surface area contributed by atoms with E-state index in [0.29, 0.717) is 0 Å². The van der Waals surface area contributed by atoms with Gasteiger partial charge in [0, 0.05) is 75.9 Å². The van der Waals surface area contributed by atoms with Crippen molar-refractivity contribution in [3.63, 3.8) is 0 Å². The third-order valence-electron chi connectivity index (χ3n) is 13.5. The first kappa shape index (κ1) is 43.1. The molecular formula is C66H42N6O. The van der Waals surface area contributed by atoms with E-state index in [-0.39, 0.29) is 0 Å². The van der Waals surface area contributed by atoms with Crippen molar-refractivity contribution in [3.8, 4) is 112 Å². The molecule has 73 heavy (non-hydrogen) atoms. The van der Waals surface area contributed by atoms with E-state index in [4.69, 9.17) is 24.4 Å². The molecular weight excluding hydrogens is 893 g/mol. The lowest BCUT2D eigenvalue weighted by Crippen LogP contribution is -1.95. The summed E-state index contributed by atoms with van der Waals surface area (Å²) in [6, 6.07) is 75.7. The molecule has 0 aliphatic carbocycles. The molecule has 6 aromatic carbocycles. The summed E-state index contributed by atoms with van der Waals surface area (Å²) in [6.45, 7) is 0. The van der Waals surface area contributed by atoms with E-state index in [1.165, 1.54) is 0 Å². The molecule has 13 rings (SSSR count). The summed E-state index contributed by atoms with van der Waals surface area (Å²) in [4.78, 5) is 28.9. The summed E-state index contributed by atoms with van der Waals surface area (Å²) in [5, 5.41) is 0.978. The Hall–Kier alpha value is -9.98. The molecule has 0 unspecified atom stereocenters. The molecule has 7 heterocycles. The average molecular weight is 935 g/mol. The van der Waals surface area contributed by atoms with E-state index >= 15 is 0 Å².